The molecule has 11 aromatic rings. The third-order valence-electron chi connectivity index (χ3n) is 15.5. The molecule has 0 amide bonds. The molecule has 6 heterocycles. The maximum absolute atomic E-state index is 11.7. The first kappa shape index (κ1) is 128. The van der Waals surface area contributed by atoms with Gasteiger partial charge in [0.1, 0.15) is 22.8 Å². The van der Waals surface area contributed by atoms with Crippen LogP contribution in [0, 0.1) is 17.8 Å². The number of hydrogen-bond acceptors (Lipinski definition) is 41. The zero-order valence-electron chi connectivity index (χ0n) is 72.9. The summed E-state index contributed by atoms with van der Waals surface area (Å²) < 4.78 is 32.5. The van der Waals surface area contributed by atoms with Gasteiger partial charge in [0.15, 0.2) is 72.5 Å². The summed E-state index contributed by atoms with van der Waals surface area (Å²) >= 11 is 87.0. The first-order valence-electron chi connectivity index (χ1n) is 38.8. The molecule has 39 nitrogen and oxygen atoms in total. The van der Waals surface area contributed by atoms with E-state index < -0.39 is 38.8 Å². The molecule has 0 aliphatic rings. The zero-order chi connectivity index (χ0) is 103. The number of thiol groups is 1. The molecule has 11 rings (SSSR count). The van der Waals surface area contributed by atoms with Gasteiger partial charge in [-0.15, -0.1) is 72.8 Å². The topological polar surface area (TPSA) is 671 Å². The predicted octanol–water partition coefficient (Wildman–Crippen LogP) is 12.6. The first-order chi connectivity index (χ1) is 64.2. The van der Waals surface area contributed by atoms with E-state index in [0.717, 1.165) is 12.9 Å². The number of alkyl halides is 1. The highest BCUT2D eigenvalue weighted by Crippen LogP contribution is 2.39. The van der Waals surface area contributed by atoms with Crippen LogP contribution in [0.3, 0.4) is 0 Å². The normalized spacial score (nSPS) is 11.8. The number of nitrogens with one attached hydrogen (secondary N) is 2. The SMILES string of the molecule is CC(CCl)Cc1nnc(-c2cccc(Cl)c2Cl)c(N)n1.CC(CO)Cc1nnc(-c2cccc(Cl)c2Cl)c(N)n1.CC(CO)Cc1nnc(Cl)c(N)n1.CC(CS(=O)(=O)CCO)Nc1nnc(-c2cccc(Cl)c2Cl)c(N)n1.CC(CSCCO)Nc1nnc(-c2cccc(Cl)c2Cl)c(N)n1.CC(N)CO.CO.Nc1nc(Cl)nnc1Cl.O=S(Cl)Cl.OB(O)c1cccc(Cl)c1Cl.OCCS. The third kappa shape index (κ3) is 48.9. The first-order valence-corrected chi connectivity index (χ1v) is 50.6. The fourth-order valence-corrected chi connectivity index (χ4v) is 13.7. The van der Waals surface area contributed by atoms with Gasteiger partial charge in [0.2, 0.25) is 26.4 Å². The molecule has 6 unspecified atom stereocenters. The van der Waals surface area contributed by atoms with Crippen molar-refractivity contribution in [3.05, 3.63) is 174 Å². The van der Waals surface area contributed by atoms with Gasteiger partial charge in [-0.05, 0) is 80.5 Å². The standard InChI is InChI=1S/C14H17Cl2N5O3S.C14H17Cl2N5OS.C13H13Cl3N4.C13H14Cl2N4O.C7H11ClN4O.C6H5BCl2O2.C3H2Cl2N4.C3H9NO.C2H6OS.CH4O.Cl2OS/c1-8(7-25(23,24)6-5-22)18-14-19-13(17)12(20-21-14)9-3-2-4-10(15)11(9)16;1-8(7-23-6-5-22)18-14-19-13(17)12(20-21-14)9-3-2-4-10(15)11(9)16;1-7(6-14)5-10-18-13(17)12(20-19-10)8-3-2-4-9(15)11(8)16;1-7(6-20)5-10-17-13(16)12(19-18-10)8-3-2-4-9(14)11(8)15;1-4(3-13)2-5-10-7(9)6(8)12-11-5;8-5-3-1-2-4(6(5)9)7(10)11;4-1-2(6)7-3(5)9-8-1;1-3(4)2-5;3-1-2-4;1-2;1-4(2)3/h2-4,8,22H,5-7H2,1H3,(H3,17,18,19,21);2-4,8,22H,5-7H2,1H3,(H3,17,18,19,21);2-4,7H,5-6H2,1H3,(H2,17,18,19);2-4,7,20H,5-6H2,1H3,(H2,16,17,18);4,13H,2-3H2,1H3,(H2,9,10,11);1-3,10-11H;(H2,6,7,9);3,5H,2,4H2,1H3;3-4H,1-2H2;2H,1H3;. The zero-order valence-corrected chi connectivity index (χ0v) is 88.3. The Morgan fingerprint density at radius 1 is 0.434 bits per heavy atom. The number of hydrogen-bond donors (Lipinski definition) is 19. The van der Waals surface area contributed by atoms with Crippen molar-refractivity contribution in [3.8, 4) is 45.0 Å². The third-order valence-corrected chi connectivity index (χ3v) is 24.1. The van der Waals surface area contributed by atoms with Crippen molar-refractivity contribution in [2.75, 3.05) is 126 Å². The number of nitrogens with two attached hydrogens (primary N) is 7. The van der Waals surface area contributed by atoms with Crippen molar-refractivity contribution in [1.29, 1.82) is 0 Å². The maximum atomic E-state index is 11.7. The Bertz CT molecular complexity index is 5470. The highest BCUT2D eigenvalue weighted by atomic mass is 36.0. The molecule has 0 saturated carbocycles. The minimum Gasteiger partial charge on any atom is -0.423 e. The number of anilines is 8. The summed E-state index contributed by atoms with van der Waals surface area (Å²) in [6.07, 6.45) is 1.69. The summed E-state index contributed by atoms with van der Waals surface area (Å²) in [6, 6.07) is 24.9. The molecule has 0 aliphatic heterocycles. The summed E-state index contributed by atoms with van der Waals surface area (Å²) in [5.41, 5.74) is 43.4. The molecule has 5 aromatic carbocycles. The van der Waals surface area contributed by atoms with Crippen LogP contribution >= 0.6 is 208 Å². The molecular formula is C76H98BCl16N27O12S4. The number of halogens is 16. The minimum absolute atomic E-state index is 0.00287. The highest BCUT2D eigenvalue weighted by Gasteiger charge is 2.23. The highest BCUT2D eigenvalue weighted by molar-refractivity contribution is 8.26. The van der Waals surface area contributed by atoms with Gasteiger partial charge in [0.05, 0.1) is 88.2 Å². The number of aromatic nitrogens is 18. The Morgan fingerprint density at radius 2 is 0.750 bits per heavy atom. The second-order valence-electron chi connectivity index (χ2n) is 27.2. The van der Waals surface area contributed by atoms with Gasteiger partial charge in [-0.3, -0.25) is 0 Å². The molecule has 0 bridgehead atoms. The van der Waals surface area contributed by atoms with Gasteiger partial charge in [-0.2, -0.15) is 39.3 Å². The van der Waals surface area contributed by atoms with Crippen LogP contribution in [0.2, 0.25) is 65.8 Å². The molecule has 136 heavy (non-hydrogen) atoms. The van der Waals surface area contributed by atoms with Gasteiger partial charge < -0.3 is 96.6 Å². The number of aliphatic hydroxyl groups excluding tert-OH is 7. The number of thioether (sulfide) groups is 1. The molecular weight excluding hydrogens is 2190 g/mol. The van der Waals surface area contributed by atoms with Gasteiger partial charge in [-0.25, -0.2) is 27.6 Å². The summed E-state index contributed by atoms with van der Waals surface area (Å²) in [6.45, 7) is 11.3. The Morgan fingerprint density at radius 3 is 1.04 bits per heavy atom. The number of aliphatic hydroxyl groups is 7. The van der Waals surface area contributed by atoms with Crippen molar-refractivity contribution in [1.82, 2.24) is 91.1 Å². The summed E-state index contributed by atoms with van der Waals surface area (Å²) in [4.78, 5) is 24.2. The van der Waals surface area contributed by atoms with Gasteiger partial charge >= 0.3 is 7.12 Å². The molecule has 748 valence electrons. The van der Waals surface area contributed by atoms with Crippen LogP contribution < -0.4 is 56.2 Å². The van der Waals surface area contributed by atoms with E-state index >= 15 is 0 Å². The van der Waals surface area contributed by atoms with Crippen molar-refractivity contribution < 1.29 is 58.4 Å². The molecule has 0 spiro atoms. The Labute approximate surface area is 876 Å². The summed E-state index contributed by atoms with van der Waals surface area (Å²) in [5.74, 6) is 5.63. The lowest BCUT2D eigenvalue weighted by molar-refractivity contribution is 0.235. The Balaban J connectivity index is 0.000000787. The number of nitrogen functional groups attached to an aromatic ring is 6. The van der Waals surface area contributed by atoms with E-state index in [-0.39, 0.29) is 152 Å². The minimum atomic E-state index is -3.37. The van der Waals surface area contributed by atoms with Gasteiger partial charge in [0.25, 0.3) is 0 Å². The second kappa shape index (κ2) is 69.5. The summed E-state index contributed by atoms with van der Waals surface area (Å²) in [5, 5.41) is 132. The molecule has 6 atom stereocenters. The molecule has 0 aliphatic carbocycles. The molecule has 0 saturated heterocycles. The van der Waals surface area contributed by atoms with Crippen LogP contribution in [-0.2, 0) is 38.3 Å². The number of rotatable bonds is 28. The quantitative estimate of drug-likeness (QED) is 0.00712. The summed E-state index contributed by atoms with van der Waals surface area (Å²) in [7, 11) is 3.42. The maximum Gasteiger partial charge on any atom is 0.490 e. The lowest BCUT2D eigenvalue weighted by Gasteiger charge is -2.14. The van der Waals surface area contributed by atoms with Gasteiger partial charge in [-0.1, -0.05) is 221 Å². The van der Waals surface area contributed by atoms with Crippen LogP contribution in [0.1, 0.15) is 59.0 Å². The van der Waals surface area contributed by atoms with E-state index in [4.69, 9.17) is 253 Å². The molecule has 25 N–H and O–H groups in total. The van der Waals surface area contributed by atoms with Crippen LogP contribution in [-0.4, -0.2) is 256 Å². The average Bonchev–Trinajstić information content (AvgIpc) is 0.822. The lowest BCUT2D eigenvalue weighted by atomic mass is 9.80. The van der Waals surface area contributed by atoms with Crippen molar-refractivity contribution in [2.45, 2.75) is 78.9 Å². The van der Waals surface area contributed by atoms with Crippen molar-refractivity contribution in [2.24, 2.45) is 23.5 Å². The smallest absolute Gasteiger partial charge is 0.423 e. The van der Waals surface area contributed by atoms with E-state index in [9.17, 15) is 8.42 Å². The largest absolute Gasteiger partial charge is 0.490 e. The monoisotopic (exact) mass is 2280 g/mol. The fraction of sp³-hybridized carbons (Fsp3) is 0.368. The number of nitrogens with zero attached hydrogens (tertiary/aromatic N) is 18. The molecule has 6 aromatic heterocycles. The Kier molecular flexibility index (Phi) is 65.3. The molecule has 0 fully saturated rings. The van der Waals surface area contributed by atoms with E-state index in [1.807, 2.05) is 27.7 Å². The van der Waals surface area contributed by atoms with E-state index in [1.54, 1.807) is 111 Å². The van der Waals surface area contributed by atoms with E-state index in [2.05, 4.69) is 136 Å². The molecule has 0 radical (unpaired) electrons. The van der Waals surface area contributed by atoms with Crippen LogP contribution in [0.5, 0.6) is 0 Å². The fourth-order valence-electron chi connectivity index (χ4n) is 9.27. The lowest BCUT2D eigenvalue weighted by Crippen LogP contribution is -2.30. The Hall–Kier alpha value is -6.34. The molecule has 60 heteroatoms. The van der Waals surface area contributed by atoms with Crippen molar-refractivity contribution >= 4 is 287 Å². The number of sulfone groups is 1. The number of benzene rings is 5. The van der Waals surface area contributed by atoms with E-state index in [0.29, 0.717) is 140 Å². The van der Waals surface area contributed by atoms with Crippen LogP contribution in [0.15, 0.2) is 91.0 Å². The van der Waals surface area contributed by atoms with Crippen molar-refractivity contribution in [3.63, 3.8) is 0 Å². The average molecular weight is 2290 g/mol. The predicted molar refractivity (Wildman–Crippen MR) is 558 cm³/mol. The van der Waals surface area contributed by atoms with Crippen LogP contribution in [0.25, 0.3) is 45.0 Å². The van der Waals surface area contributed by atoms with Gasteiger partial charge in [0, 0.05) is 130 Å². The van der Waals surface area contributed by atoms with E-state index in [1.165, 1.54) is 6.07 Å². The second-order valence-corrected chi connectivity index (χ2v) is 38.8. The van der Waals surface area contributed by atoms with Crippen LogP contribution in [0.4, 0.5) is 46.8 Å².